The van der Waals surface area contributed by atoms with Gasteiger partial charge in [-0.15, -0.1) is 16.8 Å². The highest BCUT2D eigenvalue weighted by atomic mass is 35.5. The molecule has 0 spiro atoms. The fraction of sp³-hybridized carbons (Fsp3) is 0.238. The molecule has 0 fully saturated rings. The summed E-state index contributed by atoms with van der Waals surface area (Å²) in [5, 5.41) is 9.48. The standard InChI is InChI=1S/C21H19ClF3N3OS/c1-3-11-28-19(14(2)29-18-10-5-4-9-17(18)22)26-27-20(28)30-13-15-7-6-8-16(12-15)21(23,24)25/h3-10,12,14H,1,11,13H2,2H3. The molecule has 0 aliphatic carbocycles. The number of halogens is 4. The molecule has 2 aromatic carbocycles. The number of alkyl halides is 3. The third kappa shape index (κ3) is 5.37. The molecule has 158 valence electrons. The second-order valence-electron chi connectivity index (χ2n) is 6.42. The number of para-hydroxylation sites is 1. The van der Waals surface area contributed by atoms with Crippen LogP contribution < -0.4 is 4.74 Å². The molecule has 4 nitrogen and oxygen atoms in total. The molecule has 0 bridgehead atoms. The maximum atomic E-state index is 12.9. The minimum Gasteiger partial charge on any atom is -0.481 e. The van der Waals surface area contributed by atoms with Gasteiger partial charge in [0.2, 0.25) is 0 Å². The fourth-order valence-corrected chi connectivity index (χ4v) is 3.86. The van der Waals surface area contributed by atoms with E-state index in [1.807, 2.05) is 23.6 Å². The summed E-state index contributed by atoms with van der Waals surface area (Å²) in [4.78, 5) is 0. The first kappa shape index (κ1) is 22.2. The van der Waals surface area contributed by atoms with E-state index in [2.05, 4.69) is 16.8 Å². The van der Waals surface area contributed by atoms with Crippen molar-refractivity contribution in [1.82, 2.24) is 14.8 Å². The van der Waals surface area contributed by atoms with E-state index < -0.39 is 17.8 Å². The Morgan fingerprint density at radius 2 is 1.97 bits per heavy atom. The predicted octanol–water partition coefficient (Wildman–Crippen LogP) is 6.57. The van der Waals surface area contributed by atoms with Gasteiger partial charge in [-0.25, -0.2) is 0 Å². The Hall–Kier alpha value is -2.45. The van der Waals surface area contributed by atoms with Gasteiger partial charge in [-0.1, -0.05) is 59.8 Å². The van der Waals surface area contributed by atoms with Gasteiger partial charge >= 0.3 is 6.18 Å². The minimum atomic E-state index is -4.37. The lowest BCUT2D eigenvalue weighted by Crippen LogP contribution is -2.12. The summed E-state index contributed by atoms with van der Waals surface area (Å²) in [5.41, 5.74) is -0.125. The van der Waals surface area contributed by atoms with Crippen molar-refractivity contribution in [1.29, 1.82) is 0 Å². The molecule has 30 heavy (non-hydrogen) atoms. The number of nitrogens with zero attached hydrogens (tertiary/aromatic N) is 3. The van der Waals surface area contributed by atoms with E-state index in [1.165, 1.54) is 17.8 Å². The van der Waals surface area contributed by atoms with Crippen LogP contribution in [0.2, 0.25) is 5.02 Å². The van der Waals surface area contributed by atoms with Crippen molar-refractivity contribution >= 4 is 23.4 Å². The largest absolute Gasteiger partial charge is 0.481 e. The van der Waals surface area contributed by atoms with Crippen LogP contribution in [0.3, 0.4) is 0 Å². The van der Waals surface area contributed by atoms with Crippen molar-refractivity contribution in [3.05, 3.63) is 83.2 Å². The van der Waals surface area contributed by atoms with E-state index >= 15 is 0 Å². The Bertz CT molecular complexity index is 1020. The summed E-state index contributed by atoms with van der Waals surface area (Å²) < 4.78 is 46.5. The highest BCUT2D eigenvalue weighted by Gasteiger charge is 2.30. The van der Waals surface area contributed by atoms with Crippen molar-refractivity contribution in [2.24, 2.45) is 0 Å². The van der Waals surface area contributed by atoms with Crippen molar-refractivity contribution in [3.8, 4) is 5.75 Å². The van der Waals surface area contributed by atoms with Crippen LogP contribution in [0.5, 0.6) is 5.75 Å². The Kier molecular flexibility index (Phi) is 7.10. The Morgan fingerprint density at radius 1 is 1.20 bits per heavy atom. The molecule has 0 aliphatic heterocycles. The quantitative estimate of drug-likeness (QED) is 0.286. The van der Waals surface area contributed by atoms with E-state index in [-0.39, 0.29) is 0 Å². The van der Waals surface area contributed by atoms with Crippen LogP contribution in [0.1, 0.15) is 30.0 Å². The van der Waals surface area contributed by atoms with Crippen LogP contribution in [-0.4, -0.2) is 14.8 Å². The lowest BCUT2D eigenvalue weighted by molar-refractivity contribution is -0.137. The summed E-state index contributed by atoms with van der Waals surface area (Å²) in [5.74, 6) is 1.42. The minimum absolute atomic E-state index is 0.318. The van der Waals surface area contributed by atoms with Gasteiger partial charge in [0.05, 0.1) is 10.6 Å². The predicted molar refractivity (Wildman–Crippen MR) is 112 cm³/mol. The van der Waals surface area contributed by atoms with Crippen molar-refractivity contribution in [2.45, 2.75) is 36.7 Å². The third-order valence-electron chi connectivity index (χ3n) is 4.18. The molecule has 1 unspecified atom stereocenters. The van der Waals surface area contributed by atoms with E-state index in [1.54, 1.807) is 24.3 Å². The summed E-state index contributed by atoms with van der Waals surface area (Å²) in [6.45, 7) is 6.02. The molecule has 1 aromatic heterocycles. The number of rotatable bonds is 8. The van der Waals surface area contributed by atoms with Crippen LogP contribution in [0.25, 0.3) is 0 Å². The zero-order chi connectivity index (χ0) is 21.7. The number of thioether (sulfide) groups is 1. The number of aromatic nitrogens is 3. The second kappa shape index (κ2) is 9.57. The van der Waals surface area contributed by atoms with Gasteiger partial charge in [0.25, 0.3) is 0 Å². The van der Waals surface area contributed by atoms with E-state index in [9.17, 15) is 13.2 Å². The monoisotopic (exact) mass is 453 g/mol. The van der Waals surface area contributed by atoms with Crippen LogP contribution in [0, 0.1) is 0 Å². The molecule has 0 aliphatic rings. The molecule has 1 heterocycles. The Labute approximate surface area is 181 Å². The maximum Gasteiger partial charge on any atom is 0.416 e. The van der Waals surface area contributed by atoms with E-state index in [0.717, 1.165) is 12.1 Å². The molecule has 0 radical (unpaired) electrons. The third-order valence-corrected chi connectivity index (χ3v) is 5.53. The van der Waals surface area contributed by atoms with Gasteiger partial charge < -0.3 is 4.74 Å². The van der Waals surface area contributed by atoms with Gasteiger partial charge in [-0.3, -0.25) is 4.57 Å². The maximum absolute atomic E-state index is 12.9. The number of ether oxygens (including phenoxy) is 1. The Morgan fingerprint density at radius 3 is 2.67 bits per heavy atom. The molecular weight excluding hydrogens is 435 g/mol. The van der Waals surface area contributed by atoms with Crippen molar-refractivity contribution < 1.29 is 17.9 Å². The summed E-state index contributed by atoms with van der Waals surface area (Å²) >= 11 is 7.46. The van der Waals surface area contributed by atoms with Crippen molar-refractivity contribution in [2.75, 3.05) is 0 Å². The molecule has 0 saturated carbocycles. The van der Waals surface area contributed by atoms with Gasteiger partial charge in [0, 0.05) is 12.3 Å². The number of allylic oxidation sites excluding steroid dienone is 1. The van der Waals surface area contributed by atoms with Crippen LogP contribution in [-0.2, 0) is 18.5 Å². The smallest absolute Gasteiger partial charge is 0.416 e. The number of hydrogen-bond donors (Lipinski definition) is 0. The molecule has 1 atom stereocenters. The van der Waals surface area contributed by atoms with Crippen molar-refractivity contribution in [3.63, 3.8) is 0 Å². The fourth-order valence-electron chi connectivity index (χ4n) is 2.78. The Balaban J connectivity index is 1.77. The highest BCUT2D eigenvalue weighted by molar-refractivity contribution is 7.98. The molecule has 9 heteroatoms. The average molecular weight is 454 g/mol. The number of benzene rings is 2. The van der Waals surface area contributed by atoms with Gasteiger partial charge in [0.1, 0.15) is 5.75 Å². The molecule has 0 saturated heterocycles. The zero-order valence-corrected chi connectivity index (χ0v) is 17.6. The van der Waals surface area contributed by atoms with Gasteiger partial charge in [0.15, 0.2) is 17.1 Å². The summed E-state index contributed by atoms with van der Waals surface area (Å²) in [6.07, 6.45) is -3.12. The highest BCUT2D eigenvalue weighted by Crippen LogP contribution is 2.32. The van der Waals surface area contributed by atoms with E-state index in [0.29, 0.717) is 39.6 Å². The lowest BCUT2D eigenvalue weighted by Gasteiger charge is -2.16. The first-order chi connectivity index (χ1) is 14.3. The summed E-state index contributed by atoms with van der Waals surface area (Å²) in [6, 6.07) is 12.4. The first-order valence-corrected chi connectivity index (χ1v) is 10.4. The van der Waals surface area contributed by atoms with Gasteiger partial charge in [-0.2, -0.15) is 13.2 Å². The second-order valence-corrected chi connectivity index (χ2v) is 7.77. The normalized spacial score (nSPS) is 12.6. The molecule has 3 rings (SSSR count). The lowest BCUT2D eigenvalue weighted by atomic mass is 10.1. The zero-order valence-electron chi connectivity index (χ0n) is 16.1. The molecular formula is C21H19ClF3N3OS. The average Bonchev–Trinajstić information content (AvgIpc) is 3.11. The molecule has 3 aromatic rings. The van der Waals surface area contributed by atoms with Crippen LogP contribution in [0.4, 0.5) is 13.2 Å². The molecule has 0 N–H and O–H groups in total. The summed E-state index contributed by atoms with van der Waals surface area (Å²) in [7, 11) is 0. The topological polar surface area (TPSA) is 39.9 Å². The van der Waals surface area contributed by atoms with E-state index in [4.69, 9.17) is 16.3 Å². The van der Waals surface area contributed by atoms with Crippen LogP contribution >= 0.6 is 23.4 Å². The van der Waals surface area contributed by atoms with Crippen LogP contribution in [0.15, 0.2) is 66.3 Å². The SMILES string of the molecule is C=CCn1c(SCc2cccc(C(F)(F)F)c2)nnc1C(C)Oc1ccccc1Cl. The number of hydrogen-bond acceptors (Lipinski definition) is 4. The first-order valence-electron chi connectivity index (χ1n) is 9.03. The molecule has 0 amide bonds. The van der Waals surface area contributed by atoms with Gasteiger partial charge in [-0.05, 0) is 30.7 Å².